The number of methoxy groups -OCH3 is 1. The van der Waals surface area contributed by atoms with Crippen LogP contribution in [0, 0.1) is 0 Å². The molecule has 0 spiro atoms. The molecule has 1 N–H and O–H groups in total. The van der Waals surface area contributed by atoms with Crippen molar-refractivity contribution in [1.29, 1.82) is 0 Å². The maximum atomic E-state index is 12.0. The van der Waals surface area contributed by atoms with Crippen molar-refractivity contribution in [1.82, 2.24) is 4.72 Å². The number of hydrogen-bond donors (Lipinski definition) is 1. The van der Waals surface area contributed by atoms with E-state index < -0.39 is 22.0 Å². The topological polar surface area (TPSA) is 81.7 Å². The number of sulfonamides is 1. The first-order valence-electron chi connectivity index (χ1n) is 6.44. The molecule has 0 aliphatic heterocycles. The highest BCUT2D eigenvalue weighted by Gasteiger charge is 2.24. The van der Waals surface area contributed by atoms with E-state index in [2.05, 4.69) is 0 Å². The number of halogens is 1. The SMILES string of the molecule is COc1ccc(O[C@@H](C)C(=O)NS(=O)(=O)c2ccc(Cl)s2)cc1. The monoisotopic (exact) mass is 375 g/mol. The molecule has 1 heterocycles. The molecule has 1 amide bonds. The number of hydrogen-bond acceptors (Lipinski definition) is 6. The van der Waals surface area contributed by atoms with Gasteiger partial charge < -0.3 is 9.47 Å². The minimum absolute atomic E-state index is 0.0347. The van der Waals surface area contributed by atoms with Gasteiger partial charge in [-0.05, 0) is 43.3 Å². The molecule has 0 saturated carbocycles. The molecule has 23 heavy (non-hydrogen) atoms. The summed E-state index contributed by atoms with van der Waals surface area (Å²) in [6, 6.07) is 9.36. The fourth-order valence-electron chi connectivity index (χ4n) is 1.62. The van der Waals surface area contributed by atoms with E-state index >= 15 is 0 Å². The molecular formula is C14H14ClNO5S2. The Bertz CT molecular complexity index is 786. The van der Waals surface area contributed by atoms with Crippen molar-refractivity contribution in [2.24, 2.45) is 0 Å². The summed E-state index contributed by atoms with van der Waals surface area (Å²) in [6.07, 6.45) is -0.992. The molecule has 1 aromatic carbocycles. The highest BCUT2D eigenvalue weighted by atomic mass is 35.5. The number of carbonyl (C=O) groups excluding carboxylic acids is 1. The maximum absolute atomic E-state index is 12.0. The molecule has 0 bridgehead atoms. The molecule has 0 aliphatic rings. The zero-order chi connectivity index (χ0) is 17.0. The van der Waals surface area contributed by atoms with Gasteiger partial charge in [-0.15, -0.1) is 11.3 Å². The lowest BCUT2D eigenvalue weighted by atomic mass is 10.3. The predicted octanol–water partition coefficient (Wildman–Crippen LogP) is 2.68. The Labute approximate surface area is 143 Å². The number of amides is 1. The van der Waals surface area contributed by atoms with Crippen molar-refractivity contribution in [2.75, 3.05) is 7.11 Å². The molecule has 1 atom stereocenters. The van der Waals surface area contributed by atoms with Crippen LogP contribution >= 0.6 is 22.9 Å². The standard InChI is InChI=1S/C14H14ClNO5S2/c1-9(21-11-5-3-10(20-2)4-6-11)14(17)16-23(18,19)13-8-7-12(15)22-13/h3-9H,1-2H3,(H,16,17)/t9-/m0/s1. The lowest BCUT2D eigenvalue weighted by molar-refractivity contribution is -0.125. The lowest BCUT2D eigenvalue weighted by Crippen LogP contribution is -2.39. The van der Waals surface area contributed by atoms with Crippen molar-refractivity contribution in [2.45, 2.75) is 17.2 Å². The second-order valence-corrected chi connectivity index (χ2v) is 8.09. The second kappa shape index (κ2) is 7.20. The van der Waals surface area contributed by atoms with E-state index in [1.54, 1.807) is 24.3 Å². The first kappa shape index (κ1) is 17.6. The molecule has 9 heteroatoms. The third-order valence-corrected chi connectivity index (χ3v) is 5.86. The smallest absolute Gasteiger partial charge is 0.274 e. The average molecular weight is 376 g/mol. The van der Waals surface area contributed by atoms with Gasteiger partial charge in [-0.25, -0.2) is 13.1 Å². The third kappa shape index (κ3) is 4.60. The van der Waals surface area contributed by atoms with Gasteiger partial charge in [0.05, 0.1) is 11.4 Å². The molecule has 0 fully saturated rings. The molecule has 2 aromatic rings. The van der Waals surface area contributed by atoms with Crippen LogP contribution in [-0.2, 0) is 14.8 Å². The van der Waals surface area contributed by atoms with E-state index in [1.807, 2.05) is 4.72 Å². The van der Waals surface area contributed by atoms with Gasteiger partial charge in [-0.1, -0.05) is 11.6 Å². The third-order valence-electron chi connectivity index (χ3n) is 2.79. The summed E-state index contributed by atoms with van der Waals surface area (Å²) in [5, 5.41) is 0. The Morgan fingerprint density at radius 3 is 2.30 bits per heavy atom. The molecule has 0 unspecified atom stereocenters. The van der Waals surface area contributed by atoms with Crippen molar-refractivity contribution < 1.29 is 22.7 Å². The van der Waals surface area contributed by atoms with Crippen LogP contribution < -0.4 is 14.2 Å². The van der Waals surface area contributed by atoms with Gasteiger partial charge >= 0.3 is 0 Å². The van der Waals surface area contributed by atoms with Gasteiger partial charge in [0.25, 0.3) is 15.9 Å². The largest absolute Gasteiger partial charge is 0.497 e. The summed E-state index contributed by atoms with van der Waals surface area (Å²) in [5.41, 5.74) is 0. The Morgan fingerprint density at radius 1 is 1.17 bits per heavy atom. The molecule has 1 aromatic heterocycles. The van der Waals surface area contributed by atoms with Crippen LogP contribution in [-0.4, -0.2) is 27.5 Å². The van der Waals surface area contributed by atoms with Crippen LogP contribution in [0.4, 0.5) is 0 Å². The van der Waals surface area contributed by atoms with Gasteiger partial charge in [-0.3, -0.25) is 4.79 Å². The van der Waals surface area contributed by atoms with Crippen LogP contribution in [0.2, 0.25) is 4.34 Å². The lowest BCUT2D eigenvalue weighted by Gasteiger charge is -2.14. The Morgan fingerprint density at radius 2 is 1.78 bits per heavy atom. The van der Waals surface area contributed by atoms with Crippen molar-refractivity contribution in [3.05, 3.63) is 40.7 Å². The van der Waals surface area contributed by atoms with Crippen LogP contribution in [0.1, 0.15) is 6.92 Å². The maximum Gasteiger partial charge on any atom is 0.274 e. The second-order valence-electron chi connectivity index (χ2n) is 4.46. The van der Waals surface area contributed by atoms with Crippen LogP contribution in [0.25, 0.3) is 0 Å². The van der Waals surface area contributed by atoms with Gasteiger partial charge in [0.15, 0.2) is 6.10 Å². The summed E-state index contributed by atoms with van der Waals surface area (Å²) >= 11 is 6.57. The van der Waals surface area contributed by atoms with Crippen LogP contribution in [0.5, 0.6) is 11.5 Å². The molecule has 124 valence electrons. The summed E-state index contributed by atoms with van der Waals surface area (Å²) < 4.78 is 36.8. The van der Waals surface area contributed by atoms with E-state index in [9.17, 15) is 13.2 Å². The number of ether oxygens (including phenoxy) is 2. The van der Waals surface area contributed by atoms with E-state index in [-0.39, 0.29) is 4.21 Å². The predicted molar refractivity (Wildman–Crippen MR) is 87.7 cm³/mol. The highest BCUT2D eigenvalue weighted by molar-refractivity contribution is 7.92. The van der Waals surface area contributed by atoms with E-state index in [0.717, 1.165) is 11.3 Å². The average Bonchev–Trinajstić information content (AvgIpc) is 2.95. The fraction of sp³-hybridized carbons (Fsp3) is 0.214. The zero-order valence-electron chi connectivity index (χ0n) is 12.3. The summed E-state index contributed by atoms with van der Waals surface area (Å²) in [6.45, 7) is 1.45. The van der Waals surface area contributed by atoms with Crippen molar-refractivity contribution in [3.8, 4) is 11.5 Å². The summed E-state index contributed by atoms with van der Waals surface area (Å²) in [5.74, 6) is 0.293. The van der Waals surface area contributed by atoms with Gasteiger partial charge in [0, 0.05) is 0 Å². The zero-order valence-corrected chi connectivity index (χ0v) is 14.7. The summed E-state index contributed by atoms with van der Waals surface area (Å²) in [7, 11) is -2.42. The van der Waals surface area contributed by atoms with Crippen LogP contribution in [0.3, 0.4) is 0 Å². The van der Waals surface area contributed by atoms with Crippen molar-refractivity contribution in [3.63, 3.8) is 0 Å². The quantitative estimate of drug-likeness (QED) is 0.839. The number of thiophene rings is 1. The van der Waals surface area contributed by atoms with E-state index in [4.69, 9.17) is 21.1 Å². The molecule has 0 aliphatic carbocycles. The van der Waals surface area contributed by atoms with E-state index in [1.165, 1.54) is 26.2 Å². The van der Waals surface area contributed by atoms with Gasteiger partial charge in [0.2, 0.25) is 0 Å². The normalized spacial score (nSPS) is 12.5. The number of nitrogens with one attached hydrogen (secondary N) is 1. The Kier molecular flexibility index (Phi) is 5.51. The molecular weight excluding hydrogens is 362 g/mol. The fourth-order valence-corrected chi connectivity index (χ4v) is 4.15. The summed E-state index contributed by atoms with van der Waals surface area (Å²) in [4.78, 5) is 12.0. The van der Waals surface area contributed by atoms with Gasteiger partial charge in [0.1, 0.15) is 15.7 Å². The Balaban J connectivity index is 2.01. The van der Waals surface area contributed by atoms with Crippen LogP contribution in [0.15, 0.2) is 40.6 Å². The minimum atomic E-state index is -3.95. The minimum Gasteiger partial charge on any atom is -0.497 e. The first-order chi connectivity index (χ1) is 10.8. The molecule has 0 radical (unpaired) electrons. The number of benzene rings is 1. The Hall–Kier alpha value is -1.77. The van der Waals surface area contributed by atoms with Gasteiger partial charge in [-0.2, -0.15) is 0 Å². The first-order valence-corrected chi connectivity index (χ1v) is 9.12. The highest BCUT2D eigenvalue weighted by Crippen LogP contribution is 2.25. The number of carbonyl (C=O) groups is 1. The number of rotatable bonds is 6. The van der Waals surface area contributed by atoms with Crippen molar-refractivity contribution >= 4 is 38.9 Å². The molecule has 2 rings (SSSR count). The van der Waals surface area contributed by atoms with E-state index in [0.29, 0.717) is 15.8 Å². The molecule has 6 nitrogen and oxygen atoms in total. The molecule has 0 saturated heterocycles.